The van der Waals surface area contributed by atoms with Crippen molar-refractivity contribution >= 4 is 49.0 Å². The number of esters is 1. The topological polar surface area (TPSA) is 110 Å². The number of carbonyl (C=O) groups is 1. The van der Waals surface area contributed by atoms with Crippen molar-refractivity contribution in [3.63, 3.8) is 0 Å². The Hall–Kier alpha value is -2.01. The molecule has 1 saturated carbocycles. The molecule has 10 nitrogen and oxygen atoms in total. The summed E-state index contributed by atoms with van der Waals surface area (Å²) in [4.78, 5) is 26.0. The number of fused-ring (bicyclic) bond motifs is 1. The maximum atomic E-state index is 12.7. The molecule has 0 spiro atoms. The standard InChI is InChI=1S/C26H33ClN5O5PS/c1-16-12-21(35-25(16)32-15-30-22-23(32)28-14-29-24(22)39-3)13-34-38(37-20-10-8-18(27)9-11-20)31-17(2)26(33)36-19-6-4-5-7-19/h8-11,14-17,19,21,25,31H,4-7,12-13H2,1-3H3/t16?,17?,21?,25-,38?/m1/s1. The number of hydrogen-bond donors (Lipinski definition) is 1. The zero-order valence-electron chi connectivity index (χ0n) is 22.2. The van der Waals surface area contributed by atoms with Gasteiger partial charge in [0, 0.05) is 10.9 Å². The van der Waals surface area contributed by atoms with Gasteiger partial charge in [-0.3, -0.25) is 9.36 Å². The minimum Gasteiger partial charge on any atom is -0.461 e. The van der Waals surface area contributed by atoms with Crippen LogP contribution in [0.2, 0.25) is 5.02 Å². The Morgan fingerprint density at radius 2 is 2.03 bits per heavy atom. The maximum Gasteiger partial charge on any atom is 0.323 e. The Morgan fingerprint density at radius 3 is 2.77 bits per heavy atom. The maximum absolute atomic E-state index is 12.7. The second-order valence-electron chi connectivity index (χ2n) is 9.86. The van der Waals surface area contributed by atoms with Crippen molar-refractivity contribution in [2.24, 2.45) is 5.92 Å². The summed E-state index contributed by atoms with van der Waals surface area (Å²) in [6, 6.07) is 6.43. The third-order valence-corrected chi connectivity index (χ3v) is 9.16. The molecular formula is C26H33ClN5O5PS. The van der Waals surface area contributed by atoms with Crippen LogP contribution in [0.25, 0.3) is 11.2 Å². The molecule has 13 heteroatoms. The van der Waals surface area contributed by atoms with E-state index in [0.717, 1.165) is 48.3 Å². The predicted octanol–water partition coefficient (Wildman–Crippen LogP) is 5.91. The van der Waals surface area contributed by atoms with Crippen LogP contribution in [0.4, 0.5) is 0 Å². The van der Waals surface area contributed by atoms with Crippen molar-refractivity contribution in [3.05, 3.63) is 41.9 Å². The summed E-state index contributed by atoms with van der Waals surface area (Å²) in [5.41, 5.74) is 1.51. The molecular weight excluding hydrogens is 561 g/mol. The molecule has 2 aromatic heterocycles. The molecule has 1 aromatic carbocycles. The Balaban J connectivity index is 1.23. The molecule has 1 aliphatic heterocycles. The van der Waals surface area contributed by atoms with Crippen molar-refractivity contribution in [2.45, 2.75) is 75.5 Å². The van der Waals surface area contributed by atoms with Gasteiger partial charge in [0.25, 0.3) is 0 Å². The Labute approximate surface area is 238 Å². The van der Waals surface area contributed by atoms with E-state index in [4.69, 9.17) is 30.1 Å². The van der Waals surface area contributed by atoms with Crippen molar-refractivity contribution < 1.29 is 23.3 Å². The summed E-state index contributed by atoms with van der Waals surface area (Å²) in [5, 5.41) is 4.63. The summed E-state index contributed by atoms with van der Waals surface area (Å²) in [6.45, 7) is 4.19. The number of carbonyl (C=O) groups excluding carboxylic acids is 1. The quantitative estimate of drug-likeness (QED) is 0.125. The SMILES string of the molecule is CSc1ncnc2c1ncn2[C@@H]1OC(COP(NC(C)C(=O)OC2CCCC2)Oc2ccc(Cl)cc2)CC1C. The number of nitrogens with zero attached hydrogens (tertiary/aromatic N) is 4. The molecule has 1 aliphatic carbocycles. The largest absolute Gasteiger partial charge is 0.461 e. The number of nitrogens with one attached hydrogen (secondary N) is 1. The van der Waals surface area contributed by atoms with E-state index in [1.807, 2.05) is 10.8 Å². The molecule has 3 heterocycles. The minimum atomic E-state index is -1.68. The fraction of sp³-hybridized carbons (Fsp3) is 0.538. The predicted molar refractivity (Wildman–Crippen MR) is 151 cm³/mol. The van der Waals surface area contributed by atoms with Gasteiger partial charge in [-0.05, 0) is 69.5 Å². The van der Waals surface area contributed by atoms with Gasteiger partial charge in [0.2, 0.25) is 0 Å². The molecule has 3 aromatic rings. The molecule has 210 valence electrons. The fourth-order valence-corrected chi connectivity index (χ4v) is 6.68. The summed E-state index contributed by atoms with van der Waals surface area (Å²) in [6.07, 6.45) is 9.68. The van der Waals surface area contributed by atoms with Gasteiger partial charge in [0.05, 0.1) is 19.0 Å². The van der Waals surface area contributed by atoms with E-state index >= 15 is 0 Å². The summed E-state index contributed by atoms with van der Waals surface area (Å²) in [7, 11) is -1.68. The van der Waals surface area contributed by atoms with Crippen LogP contribution >= 0.6 is 31.9 Å². The molecule has 39 heavy (non-hydrogen) atoms. The number of hydrogen-bond acceptors (Lipinski definition) is 10. The van der Waals surface area contributed by atoms with E-state index in [9.17, 15) is 4.79 Å². The van der Waals surface area contributed by atoms with Crippen molar-refractivity contribution in [1.82, 2.24) is 24.6 Å². The number of imidazole rings is 1. The number of benzene rings is 1. The lowest BCUT2D eigenvalue weighted by atomic mass is 10.1. The van der Waals surface area contributed by atoms with Crippen LogP contribution in [0, 0.1) is 5.92 Å². The lowest BCUT2D eigenvalue weighted by Crippen LogP contribution is -2.35. The van der Waals surface area contributed by atoms with Crippen molar-refractivity contribution in [1.29, 1.82) is 0 Å². The van der Waals surface area contributed by atoms with Gasteiger partial charge in [-0.2, -0.15) is 0 Å². The third-order valence-electron chi connectivity index (χ3n) is 6.86. The highest BCUT2D eigenvalue weighted by Gasteiger charge is 2.36. The van der Waals surface area contributed by atoms with E-state index in [-0.39, 0.29) is 36.9 Å². The zero-order chi connectivity index (χ0) is 27.4. The van der Waals surface area contributed by atoms with E-state index in [0.29, 0.717) is 10.8 Å². The highest BCUT2D eigenvalue weighted by molar-refractivity contribution is 7.98. The van der Waals surface area contributed by atoms with Crippen LogP contribution in [0.5, 0.6) is 5.75 Å². The van der Waals surface area contributed by atoms with Gasteiger partial charge >= 0.3 is 14.5 Å². The summed E-state index contributed by atoms with van der Waals surface area (Å²) >= 11 is 7.57. The van der Waals surface area contributed by atoms with Gasteiger partial charge in [0.1, 0.15) is 41.0 Å². The number of halogens is 1. The van der Waals surface area contributed by atoms with Crippen molar-refractivity contribution in [3.8, 4) is 5.75 Å². The van der Waals surface area contributed by atoms with Crippen LogP contribution in [0.3, 0.4) is 0 Å². The first-order valence-electron chi connectivity index (χ1n) is 13.1. The second kappa shape index (κ2) is 13.1. The molecule has 5 atom stereocenters. The van der Waals surface area contributed by atoms with Gasteiger partial charge in [-0.15, -0.1) is 11.8 Å². The first-order valence-corrected chi connectivity index (χ1v) is 15.9. The average Bonchev–Trinajstić information content (AvgIpc) is 3.68. The lowest BCUT2D eigenvalue weighted by molar-refractivity contribution is -0.150. The second-order valence-corrected chi connectivity index (χ2v) is 12.3. The number of rotatable bonds is 11. The van der Waals surface area contributed by atoms with Crippen LogP contribution in [-0.4, -0.2) is 56.6 Å². The number of aromatic nitrogens is 4. The van der Waals surface area contributed by atoms with Crippen LogP contribution < -0.4 is 9.61 Å². The highest BCUT2D eigenvalue weighted by atomic mass is 35.5. The Morgan fingerprint density at radius 1 is 1.26 bits per heavy atom. The van der Waals surface area contributed by atoms with E-state index in [2.05, 4.69) is 27.0 Å². The first-order chi connectivity index (χ1) is 18.9. The molecule has 0 amide bonds. The highest BCUT2D eigenvalue weighted by Crippen LogP contribution is 2.41. The molecule has 2 aliphatic rings. The summed E-state index contributed by atoms with van der Waals surface area (Å²) < 4.78 is 26.4. The minimum absolute atomic E-state index is 0.00656. The summed E-state index contributed by atoms with van der Waals surface area (Å²) in [5.74, 6) is 0.490. The average molecular weight is 594 g/mol. The molecule has 5 rings (SSSR count). The molecule has 4 unspecified atom stereocenters. The van der Waals surface area contributed by atoms with Crippen LogP contribution in [-0.2, 0) is 18.8 Å². The van der Waals surface area contributed by atoms with E-state index < -0.39 is 14.6 Å². The lowest BCUT2D eigenvalue weighted by Gasteiger charge is -2.24. The van der Waals surface area contributed by atoms with Gasteiger partial charge in [-0.25, -0.2) is 20.0 Å². The Bertz CT molecular complexity index is 1260. The van der Waals surface area contributed by atoms with Crippen LogP contribution in [0.15, 0.2) is 41.9 Å². The molecule has 2 fully saturated rings. The third kappa shape index (κ3) is 7.01. The smallest absolute Gasteiger partial charge is 0.323 e. The normalized spacial score (nSPS) is 23.2. The van der Waals surface area contributed by atoms with Crippen LogP contribution in [0.1, 0.15) is 52.2 Å². The van der Waals surface area contributed by atoms with Gasteiger partial charge in [-0.1, -0.05) is 18.5 Å². The molecule has 0 bridgehead atoms. The Kier molecular flexibility index (Phi) is 9.58. The monoisotopic (exact) mass is 593 g/mol. The number of thioether (sulfide) groups is 1. The molecule has 1 saturated heterocycles. The van der Waals surface area contributed by atoms with Gasteiger partial charge in [0.15, 0.2) is 5.65 Å². The molecule has 1 N–H and O–H groups in total. The van der Waals surface area contributed by atoms with Crippen molar-refractivity contribution in [2.75, 3.05) is 12.9 Å². The number of ether oxygens (including phenoxy) is 2. The van der Waals surface area contributed by atoms with E-state index in [1.54, 1.807) is 43.8 Å². The van der Waals surface area contributed by atoms with Gasteiger partial charge < -0.3 is 18.5 Å². The first kappa shape index (κ1) is 28.5. The molecule has 0 radical (unpaired) electrons. The zero-order valence-corrected chi connectivity index (χ0v) is 24.6. The van der Waals surface area contributed by atoms with E-state index in [1.165, 1.54) is 11.8 Å². The fourth-order valence-electron chi connectivity index (χ4n) is 4.85.